The Morgan fingerprint density at radius 3 is 2.93 bits per heavy atom. The van der Waals surface area contributed by atoms with E-state index in [9.17, 15) is 4.79 Å². The fourth-order valence-corrected chi connectivity index (χ4v) is 2.63. The Labute approximate surface area is 97.4 Å². The van der Waals surface area contributed by atoms with E-state index in [1.165, 1.54) is 0 Å². The second-order valence-electron chi connectivity index (χ2n) is 3.40. The molecule has 1 atom stereocenters. The minimum atomic E-state index is 0.225. The SMILES string of the molecule is O=C1CC(CBr)CN1CCSCCO. The van der Waals surface area contributed by atoms with Crippen molar-refractivity contribution in [3.63, 3.8) is 0 Å². The number of aliphatic hydroxyl groups excluding tert-OH is 1. The van der Waals surface area contributed by atoms with Gasteiger partial charge < -0.3 is 10.0 Å². The van der Waals surface area contributed by atoms with Crippen LogP contribution in [0.25, 0.3) is 0 Å². The highest BCUT2D eigenvalue weighted by molar-refractivity contribution is 9.09. The van der Waals surface area contributed by atoms with Crippen LogP contribution in [0, 0.1) is 5.92 Å². The maximum Gasteiger partial charge on any atom is 0.222 e. The van der Waals surface area contributed by atoms with E-state index in [2.05, 4.69) is 15.9 Å². The number of amides is 1. The average Bonchev–Trinajstić information content (AvgIpc) is 2.54. The summed E-state index contributed by atoms with van der Waals surface area (Å²) in [7, 11) is 0. The molecule has 82 valence electrons. The molecule has 0 aromatic heterocycles. The van der Waals surface area contributed by atoms with Crippen LogP contribution in [0.3, 0.4) is 0 Å². The summed E-state index contributed by atoms with van der Waals surface area (Å²) in [4.78, 5) is 13.4. The molecular formula is C9H16BrNO2S. The second-order valence-corrected chi connectivity index (χ2v) is 5.27. The van der Waals surface area contributed by atoms with Gasteiger partial charge in [-0.15, -0.1) is 0 Å². The van der Waals surface area contributed by atoms with Gasteiger partial charge in [0.15, 0.2) is 0 Å². The fourth-order valence-electron chi connectivity index (χ4n) is 1.51. The first-order valence-electron chi connectivity index (χ1n) is 4.80. The Balaban J connectivity index is 2.15. The van der Waals surface area contributed by atoms with Crippen molar-refractivity contribution in [2.45, 2.75) is 6.42 Å². The van der Waals surface area contributed by atoms with Crippen LogP contribution in [0.15, 0.2) is 0 Å². The molecule has 1 amide bonds. The van der Waals surface area contributed by atoms with Gasteiger partial charge in [-0.2, -0.15) is 11.8 Å². The van der Waals surface area contributed by atoms with Gasteiger partial charge in [0.25, 0.3) is 0 Å². The molecule has 1 heterocycles. The van der Waals surface area contributed by atoms with Crippen molar-refractivity contribution in [2.75, 3.05) is 36.5 Å². The number of carbonyl (C=O) groups is 1. The molecule has 0 spiro atoms. The lowest BCUT2D eigenvalue weighted by molar-refractivity contribution is -0.127. The van der Waals surface area contributed by atoms with Crippen molar-refractivity contribution < 1.29 is 9.90 Å². The van der Waals surface area contributed by atoms with Crippen LogP contribution in [0.5, 0.6) is 0 Å². The molecule has 1 aliphatic rings. The van der Waals surface area contributed by atoms with E-state index < -0.39 is 0 Å². The number of halogens is 1. The third-order valence-electron chi connectivity index (χ3n) is 2.25. The Kier molecular flexibility index (Phi) is 5.89. The summed E-state index contributed by atoms with van der Waals surface area (Å²) in [5, 5.41) is 9.50. The zero-order chi connectivity index (χ0) is 10.4. The molecule has 0 aromatic carbocycles. The zero-order valence-corrected chi connectivity index (χ0v) is 10.5. The topological polar surface area (TPSA) is 40.5 Å². The Morgan fingerprint density at radius 2 is 2.36 bits per heavy atom. The van der Waals surface area contributed by atoms with Crippen molar-refractivity contribution in [2.24, 2.45) is 5.92 Å². The van der Waals surface area contributed by atoms with Crippen molar-refractivity contribution >= 4 is 33.6 Å². The first-order valence-corrected chi connectivity index (χ1v) is 7.08. The first kappa shape index (κ1) is 12.3. The Bertz CT molecular complexity index is 192. The molecule has 1 fully saturated rings. The third kappa shape index (κ3) is 3.79. The van der Waals surface area contributed by atoms with E-state index in [0.29, 0.717) is 12.3 Å². The van der Waals surface area contributed by atoms with Gasteiger partial charge >= 0.3 is 0 Å². The number of rotatable bonds is 6. The number of hydrogen-bond donors (Lipinski definition) is 1. The van der Waals surface area contributed by atoms with Crippen molar-refractivity contribution in [1.82, 2.24) is 4.90 Å². The van der Waals surface area contributed by atoms with Crippen LogP contribution < -0.4 is 0 Å². The minimum absolute atomic E-state index is 0.225. The van der Waals surface area contributed by atoms with E-state index >= 15 is 0 Å². The molecule has 1 rings (SSSR count). The smallest absolute Gasteiger partial charge is 0.222 e. The molecule has 1 aliphatic heterocycles. The summed E-state index contributed by atoms with van der Waals surface area (Å²) in [6.07, 6.45) is 0.690. The zero-order valence-electron chi connectivity index (χ0n) is 8.12. The predicted octanol–water partition coefficient (Wildman–Crippen LogP) is 0.955. The number of likely N-dealkylation sites (tertiary alicyclic amines) is 1. The van der Waals surface area contributed by atoms with Gasteiger partial charge in [0.05, 0.1) is 6.61 Å². The lowest BCUT2D eigenvalue weighted by atomic mass is 10.2. The van der Waals surface area contributed by atoms with Crippen LogP contribution in [0.1, 0.15) is 6.42 Å². The maximum atomic E-state index is 11.5. The van der Waals surface area contributed by atoms with Gasteiger partial charge in [-0.25, -0.2) is 0 Å². The molecule has 0 radical (unpaired) electrons. The molecule has 0 bridgehead atoms. The summed E-state index contributed by atoms with van der Waals surface area (Å²) in [6, 6.07) is 0. The summed E-state index contributed by atoms with van der Waals surface area (Å²) in [6.45, 7) is 1.94. The molecule has 0 aliphatic carbocycles. The summed E-state index contributed by atoms with van der Waals surface area (Å²) < 4.78 is 0. The quantitative estimate of drug-likeness (QED) is 0.582. The summed E-state index contributed by atoms with van der Waals surface area (Å²) in [5.41, 5.74) is 0. The van der Waals surface area contributed by atoms with Gasteiger partial charge in [-0.05, 0) is 5.92 Å². The number of thioether (sulfide) groups is 1. The number of alkyl halides is 1. The van der Waals surface area contributed by atoms with Crippen LogP contribution in [0.2, 0.25) is 0 Å². The van der Waals surface area contributed by atoms with Crippen LogP contribution in [-0.2, 0) is 4.79 Å². The highest BCUT2D eigenvalue weighted by Crippen LogP contribution is 2.19. The normalized spacial score (nSPS) is 22.0. The Hall–Kier alpha value is 0.260. The third-order valence-corrected chi connectivity index (χ3v) is 4.11. The maximum absolute atomic E-state index is 11.5. The van der Waals surface area contributed by atoms with Crippen molar-refractivity contribution in [1.29, 1.82) is 0 Å². The molecular weight excluding hydrogens is 266 g/mol. The van der Waals surface area contributed by atoms with Crippen LogP contribution in [0.4, 0.5) is 0 Å². The molecule has 1 unspecified atom stereocenters. The number of nitrogens with zero attached hydrogens (tertiary/aromatic N) is 1. The predicted molar refractivity (Wildman–Crippen MR) is 62.9 cm³/mol. The molecule has 1 saturated heterocycles. The number of carbonyl (C=O) groups excluding carboxylic acids is 1. The molecule has 5 heteroatoms. The van der Waals surface area contributed by atoms with E-state index in [1.54, 1.807) is 11.8 Å². The standard InChI is InChI=1S/C9H16BrNO2S/c10-6-8-5-9(13)11(7-8)1-3-14-4-2-12/h8,12H,1-7H2. The van der Waals surface area contributed by atoms with Crippen LogP contribution in [-0.4, -0.2) is 52.4 Å². The largest absolute Gasteiger partial charge is 0.396 e. The molecule has 3 nitrogen and oxygen atoms in total. The van der Waals surface area contributed by atoms with Gasteiger partial charge in [0.2, 0.25) is 5.91 Å². The van der Waals surface area contributed by atoms with Crippen LogP contribution >= 0.6 is 27.7 Å². The molecule has 14 heavy (non-hydrogen) atoms. The highest BCUT2D eigenvalue weighted by Gasteiger charge is 2.27. The van der Waals surface area contributed by atoms with Gasteiger partial charge in [-0.3, -0.25) is 4.79 Å². The van der Waals surface area contributed by atoms with Crippen molar-refractivity contribution in [3.8, 4) is 0 Å². The molecule has 0 saturated carbocycles. The highest BCUT2D eigenvalue weighted by atomic mass is 79.9. The van der Waals surface area contributed by atoms with Gasteiger partial charge in [0, 0.05) is 36.3 Å². The number of hydrogen-bond acceptors (Lipinski definition) is 3. The van der Waals surface area contributed by atoms with Gasteiger partial charge in [-0.1, -0.05) is 15.9 Å². The lowest BCUT2D eigenvalue weighted by Gasteiger charge is -2.15. The van der Waals surface area contributed by atoms with Gasteiger partial charge in [0.1, 0.15) is 0 Å². The first-order chi connectivity index (χ1) is 6.77. The van der Waals surface area contributed by atoms with E-state index in [4.69, 9.17) is 5.11 Å². The van der Waals surface area contributed by atoms with Crippen molar-refractivity contribution in [3.05, 3.63) is 0 Å². The summed E-state index contributed by atoms with van der Waals surface area (Å²) >= 11 is 5.10. The average molecular weight is 282 g/mol. The van der Waals surface area contributed by atoms with E-state index in [1.807, 2.05) is 4.90 Å². The molecule has 0 aromatic rings. The lowest BCUT2D eigenvalue weighted by Crippen LogP contribution is -2.27. The second kappa shape index (κ2) is 6.69. The summed E-state index contributed by atoms with van der Waals surface area (Å²) in [5.74, 6) is 2.47. The number of aliphatic hydroxyl groups is 1. The molecule has 1 N–H and O–H groups in total. The minimum Gasteiger partial charge on any atom is -0.396 e. The Morgan fingerprint density at radius 1 is 1.57 bits per heavy atom. The fraction of sp³-hybridized carbons (Fsp3) is 0.889. The monoisotopic (exact) mass is 281 g/mol. The van der Waals surface area contributed by atoms with E-state index in [0.717, 1.165) is 29.9 Å². The van der Waals surface area contributed by atoms with E-state index in [-0.39, 0.29) is 12.5 Å².